The van der Waals surface area contributed by atoms with Crippen molar-refractivity contribution < 1.29 is 4.79 Å². The zero-order chi connectivity index (χ0) is 19.5. The van der Waals surface area contributed by atoms with Gasteiger partial charge in [0.1, 0.15) is 5.69 Å². The van der Waals surface area contributed by atoms with Crippen LogP contribution in [0.5, 0.6) is 0 Å². The third-order valence-corrected chi connectivity index (χ3v) is 6.75. The summed E-state index contributed by atoms with van der Waals surface area (Å²) in [6, 6.07) is 19.3. The van der Waals surface area contributed by atoms with Gasteiger partial charge in [-0.05, 0) is 41.8 Å². The van der Waals surface area contributed by atoms with Crippen LogP contribution >= 0.6 is 35.0 Å². The van der Waals surface area contributed by atoms with Gasteiger partial charge in [-0.3, -0.25) is 4.79 Å². The molecule has 0 aliphatic carbocycles. The van der Waals surface area contributed by atoms with Crippen molar-refractivity contribution in [3.63, 3.8) is 0 Å². The Balaban J connectivity index is 1.47. The van der Waals surface area contributed by atoms with Crippen molar-refractivity contribution in [2.75, 3.05) is 6.54 Å². The van der Waals surface area contributed by atoms with Crippen molar-refractivity contribution in [1.29, 1.82) is 0 Å². The van der Waals surface area contributed by atoms with E-state index in [-0.39, 0.29) is 5.91 Å². The molecule has 3 nitrogen and oxygen atoms in total. The monoisotopic (exact) mass is 428 g/mol. The molecule has 0 saturated carbocycles. The minimum Gasteiger partial charge on any atom is -0.333 e. The van der Waals surface area contributed by atoms with E-state index in [1.807, 2.05) is 47.4 Å². The number of carbonyl (C=O) groups excluding carboxylic acids is 1. The van der Waals surface area contributed by atoms with Crippen LogP contribution in [0.15, 0.2) is 65.6 Å². The number of amides is 1. The molecule has 1 aromatic heterocycles. The van der Waals surface area contributed by atoms with E-state index in [2.05, 4.69) is 17.1 Å². The zero-order valence-corrected chi connectivity index (χ0v) is 17.4. The van der Waals surface area contributed by atoms with E-state index in [0.717, 1.165) is 17.0 Å². The second kappa shape index (κ2) is 8.56. The van der Waals surface area contributed by atoms with E-state index in [9.17, 15) is 4.79 Å². The fraction of sp³-hybridized carbons (Fsp3) is 0.182. The summed E-state index contributed by atoms with van der Waals surface area (Å²) >= 11 is 14.0. The number of hydrogen-bond acceptors (Lipinski definition) is 3. The Morgan fingerprint density at radius 3 is 2.46 bits per heavy atom. The predicted octanol–water partition coefficient (Wildman–Crippen LogP) is 5.88. The number of nitrogens with zero attached hydrogens (tertiary/aromatic N) is 2. The fourth-order valence-electron chi connectivity index (χ4n) is 3.28. The van der Waals surface area contributed by atoms with Gasteiger partial charge in [-0.1, -0.05) is 59.6 Å². The van der Waals surface area contributed by atoms with Crippen LogP contribution in [0.2, 0.25) is 10.0 Å². The highest BCUT2D eigenvalue weighted by molar-refractivity contribution is 7.98. The van der Waals surface area contributed by atoms with Gasteiger partial charge in [-0.25, -0.2) is 4.98 Å². The number of benzene rings is 2. The van der Waals surface area contributed by atoms with Crippen molar-refractivity contribution in [3.8, 4) is 0 Å². The summed E-state index contributed by atoms with van der Waals surface area (Å²) in [5.41, 5.74) is 3.83. The van der Waals surface area contributed by atoms with Gasteiger partial charge in [0.2, 0.25) is 0 Å². The fourth-order valence-corrected chi connectivity index (χ4v) is 4.87. The molecule has 0 spiro atoms. The molecule has 2 aromatic carbocycles. The maximum Gasteiger partial charge on any atom is 0.272 e. The van der Waals surface area contributed by atoms with Crippen LogP contribution < -0.4 is 0 Å². The lowest BCUT2D eigenvalue weighted by Crippen LogP contribution is -2.36. The van der Waals surface area contributed by atoms with Gasteiger partial charge >= 0.3 is 0 Å². The van der Waals surface area contributed by atoms with Crippen molar-refractivity contribution in [2.45, 2.75) is 23.6 Å². The number of thioether (sulfide) groups is 1. The number of halogens is 2. The highest BCUT2D eigenvalue weighted by Gasteiger charge is 2.22. The minimum atomic E-state index is -0.0304. The summed E-state index contributed by atoms with van der Waals surface area (Å²) in [7, 11) is 0. The van der Waals surface area contributed by atoms with Crippen LogP contribution in [0, 0.1) is 0 Å². The Morgan fingerprint density at radius 1 is 0.964 bits per heavy atom. The lowest BCUT2D eigenvalue weighted by molar-refractivity contribution is 0.0728. The van der Waals surface area contributed by atoms with Gasteiger partial charge in [-0.2, -0.15) is 0 Å². The van der Waals surface area contributed by atoms with E-state index in [0.29, 0.717) is 34.6 Å². The third kappa shape index (κ3) is 4.19. The molecule has 0 saturated heterocycles. The Kier molecular flexibility index (Phi) is 5.90. The SMILES string of the molecule is O=C(c1cccc(CSc2c(Cl)cccc2Cl)n1)N1CCc2ccccc2C1. The molecular weight excluding hydrogens is 411 g/mol. The van der Waals surface area contributed by atoms with Crippen molar-refractivity contribution in [3.05, 3.63) is 93.2 Å². The van der Waals surface area contributed by atoms with Crippen molar-refractivity contribution in [1.82, 2.24) is 9.88 Å². The van der Waals surface area contributed by atoms with E-state index in [4.69, 9.17) is 23.2 Å². The number of rotatable bonds is 4. The number of fused-ring (bicyclic) bond motifs is 1. The highest BCUT2D eigenvalue weighted by Crippen LogP contribution is 2.35. The second-order valence-electron chi connectivity index (χ2n) is 6.60. The first-order valence-corrected chi connectivity index (χ1v) is 10.7. The summed E-state index contributed by atoms with van der Waals surface area (Å²) in [5.74, 6) is 0.560. The van der Waals surface area contributed by atoms with Crippen LogP contribution in [-0.2, 0) is 18.7 Å². The topological polar surface area (TPSA) is 33.2 Å². The highest BCUT2D eigenvalue weighted by atomic mass is 35.5. The first kappa shape index (κ1) is 19.3. The second-order valence-corrected chi connectivity index (χ2v) is 8.40. The van der Waals surface area contributed by atoms with Gasteiger partial charge in [0.25, 0.3) is 5.91 Å². The van der Waals surface area contributed by atoms with E-state index in [1.54, 1.807) is 6.07 Å². The molecule has 6 heteroatoms. The molecule has 0 bridgehead atoms. The average molecular weight is 429 g/mol. The number of aromatic nitrogens is 1. The molecule has 0 unspecified atom stereocenters. The molecule has 1 amide bonds. The molecule has 4 rings (SSSR count). The molecule has 0 atom stereocenters. The quantitative estimate of drug-likeness (QED) is 0.486. The van der Waals surface area contributed by atoms with Gasteiger partial charge in [0.15, 0.2) is 0 Å². The molecule has 1 aliphatic rings. The first-order chi connectivity index (χ1) is 13.6. The third-order valence-electron chi connectivity index (χ3n) is 4.73. The van der Waals surface area contributed by atoms with Crippen LogP contribution in [0.4, 0.5) is 0 Å². The number of pyridine rings is 1. The standard InChI is InChI=1S/C22H18Cl2N2OS/c23-18-8-4-9-19(24)21(18)28-14-17-7-3-10-20(25-17)22(27)26-12-11-15-5-1-2-6-16(15)13-26/h1-10H,11-14H2. The number of carbonyl (C=O) groups is 1. The molecule has 1 aliphatic heterocycles. The lowest BCUT2D eigenvalue weighted by atomic mass is 10.00. The summed E-state index contributed by atoms with van der Waals surface area (Å²) in [4.78, 5) is 20.2. The zero-order valence-electron chi connectivity index (χ0n) is 15.1. The minimum absolute atomic E-state index is 0.0304. The molecule has 2 heterocycles. The molecular formula is C22H18Cl2N2OS. The van der Waals surface area contributed by atoms with Gasteiger partial charge in [0.05, 0.1) is 15.7 Å². The van der Waals surface area contributed by atoms with Gasteiger partial charge in [-0.15, -0.1) is 11.8 Å². The Bertz CT molecular complexity index is 1000. The summed E-state index contributed by atoms with van der Waals surface area (Å²) < 4.78 is 0. The van der Waals surface area contributed by atoms with Gasteiger partial charge in [0, 0.05) is 23.7 Å². The average Bonchev–Trinajstić information content (AvgIpc) is 2.73. The van der Waals surface area contributed by atoms with Crippen LogP contribution in [-0.4, -0.2) is 22.3 Å². The van der Waals surface area contributed by atoms with E-state index >= 15 is 0 Å². The summed E-state index contributed by atoms with van der Waals surface area (Å²) in [5, 5.41) is 1.24. The Labute approximate surface area is 178 Å². The predicted molar refractivity (Wildman–Crippen MR) is 115 cm³/mol. The van der Waals surface area contributed by atoms with Crippen LogP contribution in [0.3, 0.4) is 0 Å². The largest absolute Gasteiger partial charge is 0.333 e. The van der Waals surface area contributed by atoms with Crippen LogP contribution in [0.25, 0.3) is 0 Å². The van der Waals surface area contributed by atoms with Crippen molar-refractivity contribution >= 4 is 40.9 Å². The molecule has 0 fully saturated rings. The molecule has 3 aromatic rings. The van der Waals surface area contributed by atoms with E-state index < -0.39 is 0 Å². The molecule has 142 valence electrons. The molecule has 0 N–H and O–H groups in total. The summed E-state index contributed by atoms with van der Waals surface area (Å²) in [6.07, 6.45) is 0.877. The van der Waals surface area contributed by atoms with Gasteiger partial charge < -0.3 is 4.90 Å². The maximum atomic E-state index is 13.0. The molecule has 28 heavy (non-hydrogen) atoms. The number of hydrogen-bond donors (Lipinski definition) is 0. The summed E-state index contributed by atoms with van der Waals surface area (Å²) in [6.45, 7) is 1.34. The normalized spacial score (nSPS) is 13.3. The van der Waals surface area contributed by atoms with Crippen molar-refractivity contribution in [2.24, 2.45) is 0 Å². The Hall–Kier alpha value is -2.01. The molecule has 0 radical (unpaired) electrons. The smallest absolute Gasteiger partial charge is 0.272 e. The lowest BCUT2D eigenvalue weighted by Gasteiger charge is -2.28. The first-order valence-electron chi connectivity index (χ1n) is 9.00. The van der Waals surface area contributed by atoms with Crippen LogP contribution in [0.1, 0.15) is 27.3 Å². The Morgan fingerprint density at radius 2 is 1.68 bits per heavy atom. The van der Waals surface area contributed by atoms with E-state index in [1.165, 1.54) is 22.9 Å². The maximum absolute atomic E-state index is 13.0.